The minimum Gasteiger partial charge on any atom is -0.490 e. The van der Waals surface area contributed by atoms with E-state index < -0.39 is 5.82 Å². The highest BCUT2D eigenvalue weighted by Gasteiger charge is 2.19. The monoisotopic (exact) mass is 346 g/mol. The fourth-order valence-electron chi connectivity index (χ4n) is 3.06. The maximum atomic E-state index is 14.8. The molecule has 0 aliphatic rings. The van der Waals surface area contributed by atoms with Crippen molar-refractivity contribution in [2.45, 2.75) is 52.4 Å². The van der Waals surface area contributed by atoms with E-state index in [-0.39, 0.29) is 22.7 Å². The van der Waals surface area contributed by atoms with Crippen molar-refractivity contribution in [2.24, 2.45) is 0 Å². The maximum absolute atomic E-state index is 14.8. The number of halogens is 2. The van der Waals surface area contributed by atoms with Gasteiger partial charge in [0, 0.05) is 10.8 Å². The fraction of sp³-hybridized carbons (Fsp3) is 0.429. The SMILES string of the molecule is CCCCCc1ccc2c(oc3c(F)c(OCCCC)ccc32)c1F. The highest BCUT2D eigenvalue weighted by Crippen LogP contribution is 2.36. The number of furan rings is 1. The third-order valence-electron chi connectivity index (χ3n) is 4.54. The second kappa shape index (κ2) is 7.85. The average Bonchev–Trinajstić information content (AvgIpc) is 3.00. The Morgan fingerprint density at radius 2 is 1.52 bits per heavy atom. The molecule has 0 radical (unpaired) electrons. The second-order valence-corrected chi connectivity index (χ2v) is 6.43. The van der Waals surface area contributed by atoms with Gasteiger partial charge >= 0.3 is 0 Å². The van der Waals surface area contributed by atoms with Crippen LogP contribution in [0.5, 0.6) is 5.75 Å². The molecule has 0 atom stereocenters. The Morgan fingerprint density at radius 1 is 0.840 bits per heavy atom. The largest absolute Gasteiger partial charge is 0.490 e. The molecule has 0 fully saturated rings. The van der Waals surface area contributed by atoms with E-state index >= 15 is 0 Å². The molecule has 0 aliphatic heterocycles. The predicted octanol–water partition coefficient (Wildman–Crippen LogP) is 6.78. The predicted molar refractivity (Wildman–Crippen MR) is 97.3 cm³/mol. The molecule has 0 spiro atoms. The molecule has 0 N–H and O–H groups in total. The van der Waals surface area contributed by atoms with Gasteiger partial charge < -0.3 is 9.15 Å². The molecule has 2 aromatic carbocycles. The van der Waals surface area contributed by atoms with Gasteiger partial charge in [0.2, 0.25) is 5.82 Å². The number of rotatable bonds is 8. The Hall–Kier alpha value is -2.10. The van der Waals surface area contributed by atoms with Crippen molar-refractivity contribution in [1.82, 2.24) is 0 Å². The molecule has 134 valence electrons. The lowest BCUT2D eigenvalue weighted by molar-refractivity contribution is 0.294. The van der Waals surface area contributed by atoms with E-state index in [0.29, 0.717) is 29.4 Å². The van der Waals surface area contributed by atoms with E-state index in [9.17, 15) is 8.78 Å². The third-order valence-corrected chi connectivity index (χ3v) is 4.54. The molecular formula is C21H24F2O2. The Balaban J connectivity index is 1.99. The molecule has 0 saturated carbocycles. The summed E-state index contributed by atoms with van der Waals surface area (Å²) in [7, 11) is 0. The second-order valence-electron chi connectivity index (χ2n) is 6.43. The summed E-state index contributed by atoms with van der Waals surface area (Å²) in [6, 6.07) is 6.94. The van der Waals surface area contributed by atoms with Crippen molar-refractivity contribution in [2.75, 3.05) is 6.61 Å². The summed E-state index contributed by atoms with van der Waals surface area (Å²) in [5.74, 6) is -0.780. The van der Waals surface area contributed by atoms with Crippen molar-refractivity contribution in [1.29, 1.82) is 0 Å². The highest BCUT2D eigenvalue weighted by molar-refractivity contribution is 6.05. The highest BCUT2D eigenvalue weighted by atomic mass is 19.1. The minimum absolute atomic E-state index is 0.0635. The minimum atomic E-state index is -0.559. The first kappa shape index (κ1) is 17.7. The van der Waals surface area contributed by atoms with Crippen LogP contribution >= 0.6 is 0 Å². The summed E-state index contributed by atoms with van der Waals surface area (Å²) in [4.78, 5) is 0. The molecule has 0 aliphatic carbocycles. The standard InChI is InChI=1S/C21H24F2O2/c1-3-5-7-8-14-9-10-15-16-11-12-17(24-13-6-4-2)19(23)21(16)25-20(15)18(14)22/h9-12H,3-8,13H2,1-2H3. The molecule has 4 heteroatoms. The zero-order valence-electron chi connectivity index (χ0n) is 14.8. The van der Waals surface area contributed by atoms with E-state index in [4.69, 9.17) is 9.15 Å². The number of fused-ring (bicyclic) bond motifs is 3. The van der Waals surface area contributed by atoms with Crippen molar-refractivity contribution in [3.63, 3.8) is 0 Å². The quantitative estimate of drug-likeness (QED) is 0.420. The van der Waals surface area contributed by atoms with Gasteiger partial charge in [0.1, 0.15) is 0 Å². The maximum Gasteiger partial charge on any atom is 0.208 e. The smallest absolute Gasteiger partial charge is 0.208 e. The number of aryl methyl sites for hydroxylation is 1. The molecule has 25 heavy (non-hydrogen) atoms. The molecule has 0 saturated heterocycles. The normalized spacial score (nSPS) is 11.5. The Bertz CT molecular complexity index is 797. The lowest BCUT2D eigenvalue weighted by Gasteiger charge is -2.06. The number of hydrogen-bond donors (Lipinski definition) is 0. The van der Waals surface area contributed by atoms with Crippen LogP contribution in [0.3, 0.4) is 0 Å². The zero-order chi connectivity index (χ0) is 17.8. The first-order chi connectivity index (χ1) is 12.2. The van der Waals surface area contributed by atoms with Crippen molar-refractivity contribution >= 4 is 21.9 Å². The molecule has 0 bridgehead atoms. The van der Waals surface area contributed by atoms with Crippen LogP contribution in [0.4, 0.5) is 8.78 Å². The van der Waals surface area contributed by atoms with Gasteiger partial charge in [-0.2, -0.15) is 4.39 Å². The van der Waals surface area contributed by atoms with E-state index in [2.05, 4.69) is 6.92 Å². The van der Waals surface area contributed by atoms with Gasteiger partial charge in [-0.3, -0.25) is 0 Å². The molecular weight excluding hydrogens is 322 g/mol. The topological polar surface area (TPSA) is 22.4 Å². The summed E-state index contributed by atoms with van der Waals surface area (Å²) < 4.78 is 40.5. The number of ether oxygens (including phenoxy) is 1. The van der Waals surface area contributed by atoms with E-state index in [0.717, 1.165) is 32.1 Å². The summed E-state index contributed by atoms with van der Waals surface area (Å²) in [5.41, 5.74) is 0.821. The van der Waals surface area contributed by atoms with Crippen molar-refractivity contribution < 1.29 is 17.9 Å². The van der Waals surface area contributed by atoms with Crippen LogP contribution in [0.25, 0.3) is 21.9 Å². The van der Waals surface area contributed by atoms with Crippen LogP contribution in [0.15, 0.2) is 28.7 Å². The summed E-state index contributed by atoms with van der Waals surface area (Å²) in [6.45, 7) is 4.61. The fourth-order valence-corrected chi connectivity index (χ4v) is 3.06. The number of benzene rings is 2. The average molecular weight is 346 g/mol. The molecule has 1 heterocycles. The third kappa shape index (κ3) is 3.48. The van der Waals surface area contributed by atoms with Crippen LogP contribution in [0, 0.1) is 11.6 Å². The Morgan fingerprint density at radius 3 is 2.24 bits per heavy atom. The van der Waals surface area contributed by atoms with Gasteiger partial charge in [-0.1, -0.05) is 39.2 Å². The summed E-state index contributed by atoms with van der Waals surface area (Å²) in [5, 5.41) is 1.18. The van der Waals surface area contributed by atoms with Crippen molar-refractivity contribution in [3.8, 4) is 5.75 Å². The molecule has 2 nitrogen and oxygen atoms in total. The molecule has 1 aromatic heterocycles. The van der Waals surface area contributed by atoms with Gasteiger partial charge in [-0.05, 0) is 43.0 Å². The van der Waals surface area contributed by atoms with Gasteiger partial charge in [-0.25, -0.2) is 4.39 Å². The lowest BCUT2D eigenvalue weighted by atomic mass is 10.0. The van der Waals surface area contributed by atoms with E-state index in [1.807, 2.05) is 13.0 Å². The van der Waals surface area contributed by atoms with Crippen LogP contribution < -0.4 is 4.74 Å². The summed E-state index contributed by atoms with van der Waals surface area (Å²) in [6.07, 6.45) is 5.57. The number of hydrogen-bond acceptors (Lipinski definition) is 2. The van der Waals surface area contributed by atoms with Crippen LogP contribution in [-0.4, -0.2) is 6.61 Å². The van der Waals surface area contributed by atoms with Crippen LogP contribution in [0.2, 0.25) is 0 Å². The van der Waals surface area contributed by atoms with Gasteiger partial charge in [0.15, 0.2) is 22.7 Å². The van der Waals surface area contributed by atoms with Gasteiger partial charge in [-0.15, -0.1) is 0 Å². The first-order valence-corrected chi connectivity index (χ1v) is 9.12. The number of unbranched alkanes of at least 4 members (excludes halogenated alkanes) is 3. The zero-order valence-corrected chi connectivity index (χ0v) is 14.8. The van der Waals surface area contributed by atoms with Gasteiger partial charge in [0.25, 0.3) is 0 Å². The first-order valence-electron chi connectivity index (χ1n) is 9.12. The lowest BCUT2D eigenvalue weighted by Crippen LogP contribution is -1.98. The molecule has 3 rings (SSSR count). The Labute approximate surface area is 146 Å². The van der Waals surface area contributed by atoms with Crippen molar-refractivity contribution in [3.05, 3.63) is 41.5 Å². The summed E-state index contributed by atoms with van der Waals surface area (Å²) >= 11 is 0. The van der Waals surface area contributed by atoms with Crippen LogP contribution in [-0.2, 0) is 6.42 Å². The Kier molecular flexibility index (Phi) is 5.57. The molecule has 3 aromatic rings. The molecule has 0 amide bonds. The van der Waals surface area contributed by atoms with E-state index in [1.54, 1.807) is 18.2 Å². The molecule has 0 unspecified atom stereocenters. The van der Waals surface area contributed by atoms with E-state index in [1.165, 1.54) is 0 Å². The van der Waals surface area contributed by atoms with Crippen LogP contribution in [0.1, 0.15) is 51.5 Å². The van der Waals surface area contributed by atoms with Gasteiger partial charge in [0.05, 0.1) is 6.61 Å².